The van der Waals surface area contributed by atoms with E-state index < -0.39 is 24.1 Å². The summed E-state index contributed by atoms with van der Waals surface area (Å²) in [6.45, 7) is 6.68. The zero-order chi connectivity index (χ0) is 21.8. The molecule has 0 radical (unpaired) electrons. The van der Waals surface area contributed by atoms with Gasteiger partial charge in [-0.1, -0.05) is 48.5 Å². The normalized spacial score (nSPS) is 12.8. The first-order valence-corrected chi connectivity index (χ1v) is 9.83. The lowest BCUT2D eigenvalue weighted by Crippen LogP contribution is -2.30. The van der Waals surface area contributed by atoms with Gasteiger partial charge in [0.2, 0.25) is 0 Å². The lowest BCUT2D eigenvalue weighted by molar-refractivity contribution is -0.123. The Balaban J connectivity index is 1.74. The van der Waals surface area contributed by atoms with Gasteiger partial charge in [0, 0.05) is 22.5 Å². The summed E-state index contributed by atoms with van der Waals surface area (Å²) in [5, 5.41) is 12.7. The second kappa shape index (κ2) is 8.97. The van der Waals surface area contributed by atoms with Gasteiger partial charge in [-0.2, -0.15) is 0 Å². The van der Waals surface area contributed by atoms with Gasteiger partial charge in [0.25, 0.3) is 5.91 Å². The monoisotopic (exact) mass is 406 g/mol. The Hall–Kier alpha value is -3.38. The van der Waals surface area contributed by atoms with Crippen LogP contribution < -0.4 is 5.32 Å². The number of carbonyl (C=O) groups is 2. The van der Waals surface area contributed by atoms with Crippen molar-refractivity contribution in [3.8, 4) is 11.1 Å². The number of benzene rings is 2. The molecule has 0 saturated carbocycles. The van der Waals surface area contributed by atoms with E-state index in [1.165, 1.54) is 6.92 Å². The minimum atomic E-state index is -1.00. The number of ether oxygens (including phenoxy) is 1. The quantitative estimate of drug-likeness (QED) is 0.524. The molecule has 0 saturated heterocycles. The fourth-order valence-corrected chi connectivity index (χ4v) is 3.56. The number of aromatic nitrogens is 1. The van der Waals surface area contributed by atoms with E-state index in [9.17, 15) is 14.7 Å². The highest BCUT2D eigenvalue weighted by molar-refractivity contribution is 6.00. The molecule has 0 aliphatic carbocycles. The van der Waals surface area contributed by atoms with E-state index in [4.69, 9.17) is 4.74 Å². The van der Waals surface area contributed by atoms with Crippen molar-refractivity contribution in [2.45, 2.75) is 39.9 Å². The Morgan fingerprint density at radius 1 is 1.00 bits per heavy atom. The number of rotatable bonds is 6. The van der Waals surface area contributed by atoms with Gasteiger partial charge in [0.15, 0.2) is 6.10 Å². The maximum absolute atomic E-state index is 12.7. The Kier molecular flexibility index (Phi) is 6.37. The fourth-order valence-electron chi connectivity index (χ4n) is 3.56. The van der Waals surface area contributed by atoms with Crippen molar-refractivity contribution >= 4 is 17.6 Å². The molecule has 2 atom stereocenters. The number of para-hydroxylation sites is 1. The van der Waals surface area contributed by atoms with Gasteiger partial charge >= 0.3 is 5.97 Å². The highest BCUT2D eigenvalue weighted by Gasteiger charge is 2.25. The summed E-state index contributed by atoms with van der Waals surface area (Å²) >= 11 is 0. The van der Waals surface area contributed by atoms with Crippen LogP contribution in [0, 0.1) is 13.8 Å². The predicted molar refractivity (Wildman–Crippen MR) is 116 cm³/mol. The third-order valence-electron chi connectivity index (χ3n) is 5.04. The number of carbonyl (C=O) groups excluding carboxylic acids is 2. The van der Waals surface area contributed by atoms with Gasteiger partial charge in [0.05, 0.1) is 6.10 Å². The van der Waals surface area contributed by atoms with Gasteiger partial charge in [-0.25, -0.2) is 4.79 Å². The molecule has 1 amide bonds. The molecule has 6 nitrogen and oxygen atoms in total. The summed E-state index contributed by atoms with van der Waals surface area (Å²) in [5.74, 6) is -1.06. The minimum absolute atomic E-state index is 0.243. The van der Waals surface area contributed by atoms with Crippen molar-refractivity contribution in [3.63, 3.8) is 0 Å². The highest BCUT2D eigenvalue weighted by Crippen LogP contribution is 2.28. The van der Waals surface area contributed by atoms with Crippen molar-refractivity contribution in [2.75, 3.05) is 5.32 Å². The molecule has 0 aliphatic heterocycles. The van der Waals surface area contributed by atoms with Crippen LogP contribution in [0.5, 0.6) is 0 Å². The van der Waals surface area contributed by atoms with Crippen molar-refractivity contribution < 1.29 is 19.4 Å². The molecule has 1 heterocycles. The van der Waals surface area contributed by atoms with Crippen molar-refractivity contribution in [1.82, 2.24) is 4.98 Å². The molecule has 2 aromatic carbocycles. The number of aromatic amines is 1. The van der Waals surface area contributed by atoms with Gasteiger partial charge in [-0.15, -0.1) is 0 Å². The second-order valence-corrected chi connectivity index (χ2v) is 7.29. The minimum Gasteiger partial charge on any atom is -0.448 e. The molecule has 0 unspecified atom stereocenters. The number of aliphatic hydroxyl groups is 1. The number of nitrogens with one attached hydrogen (secondary N) is 2. The molecule has 3 aromatic rings. The van der Waals surface area contributed by atoms with Crippen LogP contribution >= 0.6 is 0 Å². The second-order valence-electron chi connectivity index (χ2n) is 7.29. The molecule has 30 heavy (non-hydrogen) atoms. The Morgan fingerprint density at radius 2 is 1.63 bits per heavy atom. The Morgan fingerprint density at radius 3 is 2.27 bits per heavy atom. The number of aryl methyl sites for hydroxylation is 1. The average molecular weight is 406 g/mol. The molecule has 6 heteroatoms. The average Bonchev–Trinajstić information content (AvgIpc) is 3.03. The van der Waals surface area contributed by atoms with E-state index in [-0.39, 0.29) is 5.69 Å². The number of hydrogen-bond acceptors (Lipinski definition) is 4. The molecule has 0 fully saturated rings. The SMILES string of the molecule is Cc1[nH]c(C(=O)O[C@@H](C)C(=O)Nc2ccccc2-c2ccccc2)c(C)c1[C@H](C)O. The molecule has 1 aromatic heterocycles. The van der Waals surface area contributed by atoms with E-state index in [1.807, 2.05) is 54.6 Å². The molecule has 156 valence electrons. The van der Waals surface area contributed by atoms with Crippen LogP contribution in [-0.4, -0.2) is 28.1 Å². The lowest BCUT2D eigenvalue weighted by atomic mass is 10.0. The van der Waals surface area contributed by atoms with Crippen LogP contribution in [0.4, 0.5) is 5.69 Å². The summed E-state index contributed by atoms with van der Waals surface area (Å²) in [5.41, 5.74) is 4.71. The van der Waals surface area contributed by atoms with E-state index in [0.717, 1.165) is 11.1 Å². The van der Waals surface area contributed by atoms with Crippen molar-refractivity contribution in [2.24, 2.45) is 0 Å². The Bertz CT molecular complexity index is 1050. The first kappa shape index (κ1) is 21.3. The van der Waals surface area contributed by atoms with Gasteiger partial charge in [0.1, 0.15) is 5.69 Å². The van der Waals surface area contributed by atoms with Crippen LogP contribution in [0.25, 0.3) is 11.1 Å². The topological polar surface area (TPSA) is 91.4 Å². The van der Waals surface area contributed by atoms with Gasteiger partial charge in [-0.3, -0.25) is 4.79 Å². The zero-order valence-corrected chi connectivity index (χ0v) is 17.5. The fraction of sp³-hybridized carbons (Fsp3) is 0.250. The van der Waals surface area contributed by atoms with Gasteiger partial charge in [-0.05, 0) is 44.9 Å². The molecule has 0 spiro atoms. The summed E-state index contributed by atoms with van der Waals surface area (Å²) in [7, 11) is 0. The number of H-pyrrole nitrogens is 1. The maximum atomic E-state index is 12.7. The van der Waals surface area contributed by atoms with E-state index in [2.05, 4.69) is 10.3 Å². The summed E-state index contributed by atoms with van der Waals surface area (Å²) in [6.07, 6.45) is -1.71. The van der Waals surface area contributed by atoms with Gasteiger partial charge < -0.3 is 20.1 Å². The number of anilines is 1. The van der Waals surface area contributed by atoms with E-state index >= 15 is 0 Å². The summed E-state index contributed by atoms with van der Waals surface area (Å²) in [6, 6.07) is 17.2. The standard InChI is InChI=1S/C24H26N2O4/c1-14-21(16(3)27)15(2)25-22(14)24(29)30-17(4)23(28)26-20-13-9-8-12-19(20)18-10-6-5-7-11-18/h5-13,16-17,25,27H,1-4H3,(H,26,28)/t16-,17-/m0/s1. The molecule has 0 aliphatic rings. The third-order valence-corrected chi connectivity index (χ3v) is 5.04. The maximum Gasteiger partial charge on any atom is 0.355 e. The van der Waals surface area contributed by atoms with Crippen LogP contribution in [0.3, 0.4) is 0 Å². The van der Waals surface area contributed by atoms with Crippen LogP contribution in [0.15, 0.2) is 54.6 Å². The Labute approximate surface area is 175 Å². The van der Waals surface area contributed by atoms with E-state index in [1.54, 1.807) is 20.8 Å². The van der Waals surface area contributed by atoms with Crippen molar-refractivity contribution in [3.05, 3.63) is 77.1 Å². The first-order chi connectivity index (χ1) is 14.3. The largest absolute Gasteiger partial charge is 0.448 e. The zero-order valence-electron chi connectivity index (χ0n) is 17.5. The van der Waals surface area contributed by atoms with Crippen molar-refractivity contribution in [1.29, 1.82) is 0 Å². The first-order valence-electron chi connectivity index (χ1n) is 9.83. The molecule has 0 bridgehead atoms. The number of aliphatic hydroxyl groups excluding tert-OH is 1. The summed E-state index contributed by atoms with van der Waals surface area (Å²) < 4.78 is 5.38. The number of amides is 1. The van der Waals surface area contributed by atoms with E-state index in [0.29, 0.717) is 22.5 Å². The van der Waals surface area contributed by atoms with Crippen LogP contribution in [-0.2, 0) is 9.53 Å². The highest BCUT2D eigenvalue weighted by atomic mass is 16.5. The summed E-state index contributed by atoms with van der Waals surface area (Å²) in [4.78, 5) is 28.2. The van der Waals surface area contributed by atoms with Crippen LogP contribution in [0.1, 0.15) is 47.3 Å². The lowest BCUT2D eigenvalue weighted by Gasteiger charge is -2.16. The number of esters is 1. The molecular weight excluding hydrogens is 380 g/mol. The molecule has 3 N–H and O–H groups in total. The smallest absolute Gasteiger partial charge is 0.355 e. The third kappa shape index (κ3) is 4.44. The molecule has 3 rings (SSSR count). The number of hydrogen-bond donors (Lipinski definition) is 3. The van der Waals surface area contributed by atoms with Crippen LogP contribution in [0.2, 0.25) is 0 Å². The molecular formula is C24H26N2O4. The predicted octanol–water partition coefficient (Wildman–Crippen LogP) is 4.54.